The Bertz CT molecular complexity index is 414. The van der Waals surface area contributed by atoms with Gasteiger partial charge in [-0.3, -0.25) is 4.79 Å². The van der Waals surface area contributed by atoms with Gasteiger partial charge in [0.05, 0.1) is 11.3 Å². The Hall–Kier alpha value is -1.66. The minimum atomic E-state index is -4.71. The van der Waals surface area contributed by atoms with Gasteiger partial charge < -0.3 is 5.73 Å². The average Bonchev–Trinajstić information content (AvgIpc) is 1.99. The van der Waals surface area contributed by atoms with Gasteiger partial charge in [-0.25, -0.2) is 9.97 Å². The van der Waals surface area contributed by atoms with E-state index in [1.165, 1.54) is 13.8 Å². The molecular formula is C8H8F3N3O. The molecule has 0 saturated carbocycles. The van der Waals surface area contributed by atoms with Crippen molar-refractivity contribution in [3.63, 3.8) is 0 Å². The van der Waals surface area contributed by atoms with E-state index in [1.54, 1.807) is 0 Å². The summed E-state index contributed by atoms with van der Waals surface area (Å²) in [5.74, 6) is -1.23. The van der Waals surface area contributed by atoms with Gasteiger partial charge in [-0.15, -0.1) is 0 Å². The lowest BCUT2D eigenvalue weighted by molar-refractivity contribution is -0.141. The van der Waals surface area contributed by atoms with Gasteiger partial charge in [0, 0.05) is 0 Å². The number of primary amides is 1. The van der Waals surface area contributed by atoms with Crippen LogP contribution in [0, 0.1) is 13.8 Å². The number of nitrogens with zero attached hydrogens (tertiary/aromatic N) is 2. The Morgan fingerprint density at radius 2 is 1.80 bits per heavy atom. The monoisotopic (exact) mass is 219 g/mol. The molecule has 1 amide bonds. The summed E-state index contributed by atoms with van der Waals surface area (Å²) >= 11 is 0. The first kappa shape index (κ1) is 11.4. The first-order valence-electron chi connectivity index (χ1n) is 3.95. The molecule has 1 aromatic heterocycles. The molecule has 0 unspecified atom stereocenters. The number of aromatic nitrogens is 2. The third-order valence-electron chi connectivity index (χ3n) is 1.72. The van der Waals surface area contributed by atoms with E-state index in [9.17, 15) is 18.0 Å². The molecule has 15 heavy (non-hydrogen) atoms. The van der Waals surface area contributed by atoms with Crippen molar-refractivity contribution in [2.45, 2.75) is 20.0 Å². The molecule has 0 radical (unpaired) electrons. The Morgan fingerprint density at radius 3 is 2.20 bits per heavy atom. The van der Waals surface area contributed by atoms with Gasteiger partial charge in [-0.1, -0.05) is 0 Å². The summed E-state index contributed by atoms with van der Waals surface area (Å²) in [6.45, 7) is 2.59. The van der Waals surface area contributed by atoms with Crippen molar-refractivity contribution in [2.75, 3.05) is 0 Å². The van der Waals surface area contributed by atoms with Gasteiger partial charge in [-0.05, 0) is 13.8 Å². The van der Waals surface area contributed by atoms with Crippen molar-refractivity contribution < 1.29 is 18.0 Å². The number of hydrogen-bond donors (Lipinski definition) is 1. The predicted molar refractivity (Wildman–Crippen MR) is 45.0 cm³/mol. The number of alkyl halides is 3. The van der Waals surface area contributed by atoms with Crippen LogP contribution in [0.15, 0.2) is 0 Å². The molecule has 0 aliphatic rings. The molecule has 1 heterocycles. The van der Waals surface area contributed by atoms with Crippen LogP contribution in [0.1, 0.15) is 27.6 Å². The van der Waals surface area contributed by atoms with E-state index >= 15 is 0 Å². The third kappa shape index (κ3) is 2.23. The van der Waals surface area contributed by atoms with E-state index in [1.807, 2.05) is 0 Å². The molecule has 82 valence electrons. The minimum Gasteiger partial charge on any atom is -0.365 e. The number of carbonyl (C=O) groups excluding carboxylic acids is 1. The minimum absolute atomic E-state index is 0.0511. The highest BCUT2D eigenvalue weighted by Crippen LogP contribution is 2.31. The summed E-state index contributed by atoms with van der Waals surface area (Å²) in [4.78, 5) is 17.7. The predicted octanol–water partition coefficient (Wildman–Crippen LogP) is 1.21. The number of hydrogen-bond acceptors (Lipinski definition) is 3. The Balaban J connectivity index is 3.54. The zero-order chi connectivity index (χ0) is 11.8. The fraction of sp³-hybridized carbons (Fsp3) is 0.375. The van der Waals surface area contributed by atoms with Crippen molar-refractivity contribution >= 4 is 5.91 Å². The molecule has 0 fully saturated rings. The molecule has 0 saturated heterocycles. The van der Waals surface area contributed by atoms with Gasteiger partial charge in [0.2, 0.25) is 0 Å². The highest BCUT2D eigenvalue weighted by Gasteiger charge is 2.38. The number of nitrogens with two attached hydrogens (primary N) is 1. The number of amides is 1. The lowest BCUT2D eigenvalue weighted by Crippen LogP contribution is -2.23. The van der Waals surface area contributed by atoms with Crippen LogP contribution in [0.4, 0.5) is 13.2 Å². The second-order valence-electron chi connectivity index (χ2n) is 2.94. The number of aryl methyl sites for hydroxylation is 2. The first-order chi connectivity index (χ1) is 6.73. The Kier molecular flexibility index (Phi) is 2.65. The van der Waals surface area contributed by atoms with Crippen molar-refractivity contribution in [2.24, 2.45) is 5.73 Å². The molecule has 1 aromatic rings. The molecular weight excluding hydrogens is 211 g/mol. The maximum Gasteiger partial charge on any atom is 0.434 e. The van der Waals surface area contributed by atoms with E-state index < -0.39 is 23.3 Å². The zero-order valence-electron chi connectivity index (χ0n) is 8.01. The Labute approximate surface area is 83.3 Å². The molecule has 0 atom stereocenters. The molecule has 0 aliphatic heterocycles. The van der Waals surface area contributed by atoms with E-state index in [0.717, 1.165) is 0 Å². The normalized spacial score (nSPS) is 11.5. The summed E-state index contributed by atoms with van der Waals surface area (Å²) in [6, 6.07) is 0. The van der Waals surface area contributed by atoms with Crippen molar-refractivity contribution in [1.82, 2.24) is 9.97 Å². The van der Waals surface area contributed by atoms with Gasteiger partial charge in [0.25, 0.3) is 5.91 Å². The van der Waals surface area contributed by atoms with Gasteiger partial charge >= 0.3 is 6.18 Å². The Morgan fingerprint density at radius 1 is 1.27 bits per heavy atom. The van der Waals surface area contributed by atoms with E-state index in [4.69, 9.17) is 5.73 Å². The van der Waals surface area contributed by atoms with Crippen LogP contribution in [0.25, 0.3) is 0 Å². The topological polar surface area (TPSA) is 68.9 Å². The highest BCUT2D eigenvalue weighted by atomic mass is 19.4. The van der Waals surface area contributed by atoms with Gasteiger partial charge in [0.15, 0.2) is 5.69 Å². The van der Waals surface area contributed by atoms with Gasteiger partial charge in [-0.2, -0.15) is 13.2 Å². The highest BCUT2D eigenvalue weighted by molar-refractivity contribution is 5.95. The smallest absolute Gasteiger partial charge is 0.365 e. The first-order valence-corrected chi connectivity index (χ1v) is 3.95. The summed E-state index contributed by atoms with van der Waals surface area (Å²) in [6.07, 6.45) is -4.71. The SMILES string of the molecule is Cc1nc(C)c(C(N)=O)c(C(F)(F)F)n1. The quantitative estimate of drug-likeness (QED) is 0.771. The number of rotatable bonds is 1. The summed E-state index contributed by atoms with van der Waals surface area (Å²) in [5.41, 5.74) is 2.83. The maximum atomic E-state index is 12.5. The second kappa shape index (κ2) is 3.48. The van der Waals surface area contributed by atoms with Crippen LogP contribution in [0.2, 0.25) is 0 Å². The van der Waals surface area contributed by atoms with Crippen LogP contribution in [-0.4, -0.2) is 15.9 Å². The summed E-state index contributed by atoms with van der Waals surface area (Å²) in [5, 5.41) is 0. The van der Waals surface area contributed by atoms with Crippen LogP contribution in [0.3, 0.4) is 0 Å². The zero-order valence-corrected chi connectivity index (χ0v) is 8.01. The molecule has 0 bridgehead atoms. The van der Waals surface area contributed by atoms with Crippen molar-refractivity contribution in [1.29, 1.82) is 0 Å². The van der Waals surface area contributed by atoms with Crippen molar-refractivity contribution in [3.05, 3.63) is 22.8 Å². The van der Waals surface area contributed by atoms with E-state index in [-0.39, 0.29) is 11.5 Å². The third-order valence-corrected chi connectivity index (χ3v) is 1.72. The molecule has 0 aliphatic carbocycles. The number of halogens is 3. The molecule has 1 rings (SSSR count). The summed E-state index contributed by atoms with van der Waals surface area (Å²) < 4.78 is 37.4. The second-order valence-corrected chi connectivity index (χ2v) is 2.94. The molecule has 2 N–H and O–H groups in total. The van der Waals surface area contributed by atoms with Crippen LogP contribution in [0.5, 0.6) is 0 Å². The van der Waals surface area contributed by atoms with E-state index in [0.29, 0.717) is 0 Å². The lowest BCUT2D eigenvalue weighted by atomic mass is 10.1. The maximum absolute atomic E-state index is 12.5. The standard InChI is InChI=1S/C8H8F3N3O/c1-3-5(7(12)15)6(8(9,10)11)14-4(2)13-3/h1-2H3,(H2,12,15). The number of carbonyl (C=O) groups is 1. The average molecular weight is 219 g/mol. The largest absolute Gasteiger partial charge is 0.434 e. The van der Waals surface area contributed by atoms with Crippen LogP contribution >= 0.6 is 0 Å². The van der Waals surface area contributed by atoms with Crippen LogP contribution in [-0.2, 0) is 6.18 Å². The fourth-order valence-electron chi connectivity index (χ4n) is 1.21. The van der Waals surface area contributed by atoms with Gasteiger partial charge in [0.1, 0.15) is 5.82 Å². The molecule has 7 heteroatoms. The van der Waals surface area contributed by atoms with Crippen molar-refractivity contribution in [3.8, 4) is 0 Å². The molecule has 0 aromatic carbocycles. The molecule has 0 spiro atoms. The van der Waals surface area contributed by atoms with E-state index in [2.05, 4.69) is 9.97 Å². The fourth-order valence-corrected chi connectivity index (χ4v) is 1.21. The van der Waals surface area contributed by atoms with Crippen LogP contribution < -0.4 is 5.73 Å². The summed E-state index contributed by atoms with van der Waals surface area (Å²) in [7, 11) is 0. The molecule has 4 nitrogen and oxygen atoms in total. The lowest BCUT2D eigenvalue weighted by Gasteiger charge is -2.11.